The Labute approximate surface area is 245 Å². The van der Waals surface area contributed by atoms with Crippen LogP contribution in [0.2, 0.25) is 0 Å². The molecule has 3 fully saturated rings. The van der Waals surface area contributed by atoms with Crippen molar-refractivity contribution in [2.45, 2.75) is 82.8 Å². The fourth-order valence-electron chi connectivity index (χ4n) is 6.34. The highest BCUT2D eigenvalue weighted by atomic mass is 32.1. The number of para-hydroxylation sites is 1. The summed E-state index contributed by atoms with van der Waals surface area (Å²) in [6, 6.07) is 12.8. The van der Waals surface area contributed by atoms with Gasteiger partial charge in [0.15, 0.2) is 5.13 Å². The van der Waals surface area contributed by atoms with Crippen molar-refractivity contribution in [1.29, 1.82) is 0 Å². The van der Waals surface area contributed by atoms with Gasteiger partial charge in [0.1, 0.15) is 17.2 Å². The normalized spacial score (nSPS) is 21.8. The van der Waals surface area contributed by atoms with Crippen LogP contribution in [0.25, 0.3) is 21.5 Å². The molecule has 220 valence electrons. The molecule has 4 aromatic rings. The molecule has 1 saturated carbocycles. The molecule has 0 amide bonds. The largest absolute Gasteiger partial charge is 0.462 e. The van der Waals surface area contributed by atoms with Crippen molar-refractivity contribution in [1.82, 2.24) is 10.1 Å². The minimum absolute atomic E-state index is 0.0471. The number of piperidine rings is 1. The van der Waals surface area contributed by atoms with Gasteiger partial charge in [0.25, 0.3) is 0 Å². The Morgan fingerprint density at radius 2 is 1.90 bits per heavy atom. The third-order valence-electron chi connectivity index (χ3n) is 8.39. The summed E-state index contributed by atoms with van der Waals surface area (Å²) in [4.78, 5) is 19.6. The van der Waals surface area contributed by atoms with Crippen molar-refractivity contribution in [2.24, 2.45) is 0 Å². The summed E-state index contributed by atoms with van der Waals surface area (Å²) in [6.45, 7) is -0.496. The number of halogens is 2. The standard InChI is InChI=1S/C31H31F2N3O5S/c1-2-38-29(37)18-9-12-24-26(13-18)42-31(34-24)36-19-10-11-20(36)15-21(14-19)39-16-23-27(35-41-28(23)17-7-8-17)22-5-3-4-6-25(22)40-30(32)33/h3-6,9,12-13,17,19-21,30H,2,7-8,10-11,14-16H2,1H3/t19-,20?,21?/m0/s1. The number of thiazole rings is 1. The molecule has 2 unspecified atom stereocenters. The molecule has 0 radical (unpaired) electrons. The van der Waals surface area contributed by atoms with Crippen molar-refractivity contribution in [3.8, 4) is 17.0 Å². The second-order valence-corrected chi connectivity index (χ2v) is 12.1. The first-order valence-corrected chi connectivity index (χ1v) is 15.3. The van der Waals surface area contributed by atoms with Gasteiger partial charge in [-0.1, -0.05) is 28.6 Å². The predicted octanol–water partition coefficient (Wildman–Crippen LogP) is 7.32. The lowest BCUT2D eigenvalue weighted by molar-refractivity contribution is -0.0494. The van der Waals surface area contributed by atoms with E-state index in [9.17, 15) is 13.6 Å². The van der Waals surface area contributed by atoms with Crippen LogP contribution in [0.4, 0.5) is 13.9 Å². The van der Waals surface area contributed by atoms with Crippen molar-refractivity contribution in [3.05, 3.63) is 59.4 Å². The Bertz CT molecular complexity index is 1590. The first-order chi connectivity index (χ1) is 20.5. The first-order valence-electron chi connectivity index (χ1n) is 14.5. The van der Waals surface area contributed by atoms with Crippen LogP contribution < -0.4 is 9.64 Å². The van der Waals surface area contributed by atoms with Gasteiger partial charge in [0, 0.05) is 29.1 Å². The number of ether oxygens (including phenoxy) is 3. The maximum absolute atomic E-state index is 13.1. The summed E-state index contributed by atoms with van der Waals surface area (Å²) in [5.41, 5.74) is 3.22. The number of rotatable bonds is 10. The van der Waals surface area contributed by atoms with Crippen molar-refractivity contribution >= 4 is 32.7 Å². The lowest BCUT2D eigenvalue weighted by atomic mass is 10.00. The average Bonchev–Trinajstić information content (AvgIpc) is 3.50. The van der Waals surface area contributed by atoms with Gasteiger partial charge >= 0.3 is 12.6 Å². The number of carbonyl (C=O) groups excluding carboxylic acids is 1. The molecule has 7 rings (SSSR count). The lowest BCUT2D eigenvalue weighted by Gasteiger charge is -2.38. The second-order valence-electron chi connectivity index (χ2n) is 11.1. The molecule has 3 atom stereocenters. The van der Waals surface area contributed by atoms with E-state index in [2.05, 4.69) is 10.1 Å². The van der Waals surface area contributed by atoms with Crippen molar-refractivity contribution in [3.63, 3.8) is 0 Å². The Morgan fingerprint density at radius 1 is 1.12 bits per heavy atom. The molecule has 2 saturated heterocycles. The highest BCUT2D eigenvalue weighted by Crippen LogP contribution is 2.47. The molecule has 3 aliphatic rings. The molecule has 2 aromatic carbocycles. The Hall–Kier alpha value is -3.57. The number of carbonyl (C=O) groups is 1. The number of fused-ring (bicyclic) bond motifs is 3. The van der Waals surface area contributed by atoms with E-state index in [-0.39, 0.29) is 23.7 Å². The second kappa shape index (κ2) is 11.3. The van der Waals surface area contributed by atoms with Crippen molar-refractivity contribution < 1.29 is 32.3 Å². The number of alkyl halides is 2. The first kappa shape index (κ1) is 27.3. The van der Waals surface area contributed by atoms with Crippen LogP contribution in [0.15, 0.2) is 47.0 Å². The Morgan fingerprint density at radius 3 is 2.64 bits per heavy atom. The summed E-state index contributed by atoms with van der Waals surface area (Å²) in [7, 11) is 0. The summed E-state index contributed by atoms with van der Waals surface area (Å²) < 4.78 is 49.4. The average molecular weight is 596 g/mol. The topological polar surface area (TPSA) is 86.9 Å². The maximum Gasteiger partial charge on any atom is 0.387 e. The minimum atomic E-state index is -2.93. The van der Waals surface area contributed by atoms with E-state index in [1.165, 1.54) is 6.07 Å². The van der Waals surface area contributed by atoms with E-state index in [0.29, 0.717) is 42.1 Å². The molecule has 0 N–H and O–H groups in total. The molecular formula is C31H31F2N3O5S. The van der Waals surface area contributed by atoms with E-state index in [1.54, 1.807) is 42.5 Å². The van der Waals surface area contributed by atoms with Crippen LogP contribution >= 0.6 is 11.3 Å². The van der Waals surface area contributed by atoms with Crippen LogP contribution in [-0.2, 0) is 16.1 Å². The van der Waals surface area contributed by atoms with Crippen LogP contribution in [0.1, 0.15) is 73.0 Å². The maximum atomic E-state index is 13.1. The molecular weight excluding hydrogens is 564 g/mol. The number of nitrogens with zero attached hydrogens (tertiary/aromatic N) is 3. The van der Waals surface area contributed by atoms with E-state index in [0.717, 1.165) is 65.2 Å². The van der Waals surface area contributed by atoms with Gasteiger partial charge in [-0.15, -0.1) is 0 Å². The van der Waals surface area contributed by atoms with Crippen LogP contribution in [0, 0.1) is 0 Å². The highest BCUT2D eigenvalue weighted by molar-refractivity contribution is 7.22. The lowest BCUT2D eigenvalue weighted by Crippen LogP contribution is -2.45. The van der Waals surface area contributed by atoms with Gasteiger partial charge in [0.05, 0.1) is 35.1 Å². The number of anilines is 1. The summed E-state index contributed by atoms with van der Waals surface area (Å²) >= 11 is 1.61. The van der Waals surface area contributed by atoms with Crippen LogP contribution in [-0.4, -0.2) is 47.5 Å². The highest BCUT2D eigenvalue weighted by Gasteiger charge is 2.43. The monoisotopic (exact) mass is 595 g/mol. The number of esters is 1. The molecule has 2 aliphatic heterocycles. The fourth-order valence-corrected chi connectivity index (χ4v) is 7.49. The van der Waals surface area contributed by atoms with Gasteiger partial charge in [0.2, 0.25) is 0 Å². The summed E-state index contributed by atoms with van der Waals surface area (Å²) in [6.07, 6.45) is 5.95. The minimum Gasteiger partial charge on any atom is -0.462 e. The molecule has 4 heterocycles. The van der Waals surface area contributed by atoms with Gasteiger partial charge in [-0.25, -0.2) is 9.78 Å². The Kier molecular flexibility index (Phi) is 7.31. The van der Waals surface area contributed by atoms with Crippen LogP contribution in [0.3, 0.4) is 0 Å². The summed E-state index contributed by atoms with van der Waals surface area (Å²) in [5, 5.41) is 5.27. The predicted molar refractivity (Wildman–Crippen MR) is 153 cm³/mol. The van der Waals surface area contributed by atoms with E-state index >= 15 is 0 Å². The number of hydrogen-bond acceptors (Lipinski definition) is 9. The third-order valence-corrected chi connectivity index (χ3v) is 9.42. The van der Waals surface area contributed by atoms with Gasteiger partial charge in [-0.3, -0.25) is 0 Å². The molecule has 1 aliphatic carbocycles. The van der Waals surface area contributed by atoms with Gasteiger partial charge in [-0.2, -0.15) is 8.78 Å². The van der Waals surface area contributed by atoms with Gasteiger partial charge in [-0.05, 0) is 75.8 Å². The zero-order valence-corrected chi connectivity index (χ0v) is 23.9. The molecule has 11 heteroatoms. The van der Waals surface area contributed by atoms with Gasteiger partial charge < -0.3 is 23.6 Å². The quantitative estimate of drug-likeness (QED) is 0.176. The Balaban J connectivity index is 1.08. The van der Waals surface area contributed by atoms with E-state index in [4.69, 9.17) is 23.7 Å². The number of benzene rings is 2. The zero-order chi connectivity index (χ0) is 28.8. The third kappa shape index (κ3) is 5.24. The molecule has 2 aromatic heterocycles. The SMILES string of the molecule is CCOC(=O)c1ccc2nc(N3C4CC[C@H]3CC(OCc3c(-c5ccccc5OC(F)F)noc3C3CC3)C4)sc2c1. The number of aromatic nitrogens is 2. The van der Waals surface area contributed by atoms with Crippen molar-refractivity contribution in [2.75, 3.05) is 11.5 Å². The fraction of sp³-hybridized carbons (Fsp3) is 0.452. The smallest absolute Gasteiger partial charge is 0.387 e. The number of hydrogen-bond donors (Lipinski definition) is 0. The van der Waals surface area contributed by atoms with E-state index in [1.807, 2.05) is 12.1 Å². The molecule has 8 nitrogen and oxygen atoms in total. The van der Waals surface area contributed by atoms with Crippen LogP contribution in [0.5, 0.6) is 5.75 Å². The molecule has 42 heavy (non-hydrogen) atoms. The van der Waals surface area contributed by atoms with E-state index < -0.39 is 6.61 Å². The molecule has 2 bridgehead atoms. The molecule has 0 spiro atoms. The zero-order valence-electron chi connectivity index (χ0n) is 23.1. The summed E-state index contributed by atoms with van der Waals surface area (Å²) in [5.74, 6) is 0.822.